The van der Waals surface area contributed by atoms with E-state index < -0.39 is 0 Å². The third kappa shape index (κ3) is 3.65. The van der Waals surface area contributed by atoms with Gasteiger partial charge in [-0.15, -0.1) is 11.3 Å². The van der Waals surface area contributed by atoms with Gasteiger partial charge in [0.1, 0.15) is 5.01 Å². The van der Waals surface area contributed by atoms with Gasteiger partial charge < -0.3 is 19.5 Å². The van der Waals surface area contributed by atoms with Gasteiger partial charge in [-0.2, -0.15) is 0 Å². The Labute approximate surface area is 128 Å². The molecule has 1 heterocycles. The SMILES string of the molecule is COc1ccc(CNCc2nc(C)cs2)c(OC)c1OC. The number of benzene rings is 1. The van der Waals surface area contributed by atoms with E-state index in [2.05, 4.69) is 10.3 Å². The Morgan fingerprint density at radius 2 is 1.81 bits per heavy atom. The summed E-state index contributed by atoms with van der Waals surface area (Å²) in [6, 6.07) is 3.85. The lowest BCUT2D eigenvalue weighted by Crippen LogP contribution is -2.13. The first kappa shape index (κ1) is 15.6. The monoisotopic (exact) mass is 308 g/mol. The number of nitrogens with one attached hydrogen (secondary N) is 1. The molecule has 114 valence electrons. The lowest BCUT2D eigenvalue weighted by Gasteiger charge is -2.15. The van der Waals surface area contributed by atoms with Gasteiger partial charge in [0.2, 0.25) is 5.75 Å². The standard InChI is InChI=1S/C15H20N2O3S/c1-10-9-21-13(17-10)8-16-7-11-5-6-12(18-2)15(20-4)14(11)19-3/h5-6,9,16H,7-8H2,1-4H3. The summed E-state index contributed by atoms with van der Waals surface area (Å²) in [4.78, 5) is 4.43. The van der Waals surface area contributed by atoms with Crippen molar-refractivity contribution in [2.24, 2.45) is 0 Å². The summed E-state index contributed by atoms with van der Waals surface area (Å²) in [5, 5.41) is 6.49. The summed E-state index contributed by atoms with van der Waals surface area (Å²) in [5.74, 6) is 1.97. The Kier molecular flexibility index (Phi) is 5.41. The third-order valence-electron chi connectivity index (χ3n) is 3.04. The molecule has 0 unspecified atom stereocenters. The van der Waals surface area contributed by atoms with E-state index in [-0.39, 0.29) is 0 Å². The molecule has 0 bridgehead atoms. The zero-order chi connectivity index (χ0) is 15.2. The minimum atomic E-state index is 0.615. The fourth-order valence-electron chi connectivity index (χ4n) is 2.09. The number of methoxy groups -OCH3 is 3. The lowest BCUT2D eigenvalue weighted by molar-refractivity contribution is 0.321. The smallest absolute Gasteiger partial charge is 0.203 e. The molecule has 0 saturated carbocycles. The lowest BCUT2D eigenvalue weighted by atomic mass is 10.1. The summed E-state index contributed by atoms with van der Waals surface area (Å²) in [6.07, 6.45) is 0. The van der Waals surface area contributed by atoms with Crippen molar-refractivity contribution in [3.8, 4) is 17.2 Å². The number of aryl methyl sites for hydroxylation is 1. The highest BCUT2D eigenvalue weighted by Crippen LogP contribution is 2.39. The topological polar surface area (TPSA) is 52.6 Å². The summed E-state index contributed by atoms with van der Waals surface area (Å²) >= 11 is 1.66. The Bertz CT molecular complexity index is 599. The van der Waals surface area contributed by atoms with E-state index in [1.54, 1.807) is 32.7 Å². The van der Waals surface area contributed by atoms with Crippen LogP contribution in [0.25, 0.3) is 0 Å². The van der Waals surface area contributed by atoms with Gasteiger partial charge in [-0.25, -0.2) is 4.98 Å². The van der Waals surface area contributed by atoms with E-state index in [9.17, 15) is 0 Å². The van der Waals surface area contributed by atoms with Gasteiger partial charge in [0.05, 0.1) is 21.3 Å². The average Bonchev–Trinajstić information content (AvgIpc) is 2.91. The van der Waals surface area contributed by atoms with Crippen LogP contribution in [0.15, 0.2) is 17.5 Å². The van der Waals surface area contributed by atoms with Gasteiger partial charge >= 0.3 is 0 Å². The van der Waals surface area contributed by atoms with Gasteiger partial charge in [0.25, 0.3) is 0 Å². The molecular weight excluding hydrogens is 288 g/mol. The number of ether oxygens (including phenoxy) is 3. The quantitative estimate of drug-likeness (QED) is 0.852. The molecule has 0 fully saturated rings. The Balaban J connectivity index is 2.08. The van der Waals surface area contributed by atoms with Crippen molar-refractivity contribution in [2.75, 3.05) is 21.3 Å². The maximum atomic E-state index is 5.46. The molecule has 1 aromatic heterocycles. The van der Waals surface area contributed by atoms with Gasteiger partial charge in [0.15, 0.2) is 11.5 Å². The van der Waals surface area contributed by atoms with E-state index >= 15 is 0 Å². The van der Waals surface area contributed by atoms with Crippen molar-refractivity contribution in [1.29, 1.82) is 0 Å². The van der Waals surface area contributed by atoms with Crippen LogP contribution < -0.4 is 19.5 Å². The first-order valence-corrected chi connectivity index (χ1v) is 7.47. The maximum Gasteiger partial charge on any atom is 0.203 e. The van der Waals surface area contributed by atoms with Crippen LogP contribution in [0.3, 0.4) is 0 Å². The van der Waals surface area contributed by atoms with E-state index in [1.165, 1.54) is 0 Å². The zero-order valence-electron chi connectivity index (χ0n) is 12.7. The minimum Gasteiger partial charge on any atom is -0.493 e. The molecule has 0 radical (unpaired) electrons. The first-order valence-electron chi connectivity index (χ1n) is 6.59. The van der Waals surface area contributed by atoms with Crippen molar-refractivity contribution in [2.45, 2.75) is 20.0 Å². The van der Waals surface area contributed by atoms with Crippen molar-refractivity contribution in [1.82, 2.24) is 10.3 Å². The van der Waals surface area contributed by atoms with E-state index in [0.29, 0.717) is 23.8 Å². The molecule has 6 heteroatoms. The van der Waals surface area contributed by atoms with Crippen molar-refractivity contribution < 1.29 is 14.2 Å². The molecule has 0 amide bonds. The van der Waals surface area contributed by atoms with E-state index in [4.69, 9.17) is 14.2 Å². The molecule has 0 aliphatic carbocycles. The molecule has 0 aliphatic heterocycles. The number of nitrogens with zero attached hydrogens (tertiary/aromatic N) is 1. The highest BCUT2D eigenvalue weighted by atomic mass is 32.1. The summed E-state index contributed by atoms with van der Waals surface area (Å²) in [7, 11) is 4.85. The Morgan fingerprint density at radius 3 is 2.38 bits per heavy atom. The van der Waals surface area contributed by atoms with E-state index in [1.807, 2.05) is 24.4 Å². The Hall–Kier alpha value is -1.79. The number of hydrogen-bond donors (Lipinski definition) is 1. The molecule has 1 N–H and O–H groups in total. The molecule has 1 aromatic carbocycles. The Morgan fingerprint density at radius 1 is 1.05 bits per heavy atom. The van der Waals surface area contributed by atoms with Crippen LogP contribution in [0.1, 0.15) is 16.3 Å². The van der Waals surface area contributed by atoms with Crippen molar-refractivity contribution in [3.63, 3.8) is 0 Å². The van der Waals surface area contributed by atoms with Crippen LogP contribution in [0.2, 0.25) is 0 Å². The molecule has 0 saturated heterocycles. The second-order valence-corrected chi connectivity index (χ2v) is 5.42. The van der Waals surface area contributed by atoms with Crippen molar-refractivity contribution >= 4 is 11.3 Å². The van der Waals surface area contributed by atoms with Crippen LogP contribution >= 0.6 is 11.3 Å². The van der Waals surface area contributed by atoms with Crippen LogP contribution in [0.5, 0.6) is 17.2 Å². The minimum absolute atomic E-state index is 0.615. The molecular formula is C15H20N2O3S. The fourth-order valence-corrected chi connectivity index (χ4v) is 2.83. The molecule has 2 rings (SSSR count). The molecule has 0 aliphatic rings. The third-order valence-corrected chi connectivity index (χ3v) is 4.01. The van der Waals surface area contributed by atoms with Gasteiger partial charge in [-0.3, -0.25) is 0 Å². The largest absolute Gasteiger partial charge is 0.493 e. The number of hydrogen-bond acceptors (Lipinski definition) is 6. The van der Waals surface area contributed by atoms with Crippen molar-refractivity contribution in [3.05, 3.63) is 33.8 Å². The van der Waals surface area contributed by atoms with Gasteiger partial charge in [0, 0.05) is 29.7 Å². The predicted molar refractivity (Wildman–Crippen MR) is 83.5 cm³/mol. The van der Waals surface area contributed by atoms with Gasteiger partial charge in [-0.1, -0.05) is 6.07 Å². The molecule has 2 aromatic rings. The second-order valence-electron chi connectivity index (χ2n) is 4.48. The zero-order valence-corrected chi connectivity index (χ0v) is 13.5. The van der Waals surface area contributed by atoms with Crippen LogP contribution in [0.4, 0.5) is 0 Å². The van der Waals surface area contributed by atoms with Crippen LogP contribution in [0, 0.1) is 6.92 Å². The molecule has 0 atom stereocenters. The summed E-state index contributed by atoms with van der Waals surface area (Å²) in [5.41, 5.74) is 2.07. The molecule has 0 spiro atoms. The van der Waals surface area contributed by atoms with Crippen LogP contribution in [-0.2, 0) is 13.1 Å². The highest BCUT2D eigenvalue weighted by molar-refractivity contribution is 7.09. The molecule has 5 nitrogen and oxygen atoms in total. The molecule has 21 heavy (non-hydrogen) atoms. The summed E-state index contributed by atoms with van der Waals surface area (Å²) in [6.45, 7) is 3.40. The van der Waals surface area contributed by atoms with Gasteiger partial charge in [-0.05, 0) is 13.0 Å². The maximum absolute atomic E-state index is 5.46. The van der Waals surface area contributed by atoms with E-state index in [0.717, 1.165) is 22.8 Å². The average molecular weight is 308 g/mol. The summed E-state index contributed by atoms with van der Waals surface area (Å²) < 4.78 is 16.1. The highest BCUT2D eigenvalue weighted by Gasteiger charge is 2.15. The number of thiazole rings is 1. The normalized spacial score (nSPS) is 10.5. The van der Waals surface area contributed by atoms with Crippen LogP contribution in [-0.4, -0.2) is 26.3 Å². The second kappa shape index (κ2) is 7.28. The first-order chi connectivity index (χ1) is 10.2. The fraction of sp³-hybridized carbons (Fsp3) is 0.400. The number of aromatic nitrogens is 1. The number of rotatable bonds is 7. The predicted octanol–water partition coefficient (Wildman–Crippen LogP) is 2.77.